The smallest absolute Gasteiger partial charge is 0.300 e. The molecule has 5 N–H and O–H groups in total. The molecule has 0 aliphatic carbocycles. The Kier molecular flexibility index (Phi) is 10.2. The first-order valence-corrected chi connectivity index (χ1v) is 13.8. The SMILES string of the molecule is C=CCNNC(=O)c1cc(Cc2ccnc(NS(=O)(=O)NCC)c2F)c(F)c(F)c1Nc1ccc(I)cc1F. The summed E-state index contributed by atoms with van der Waals surface area (Å²) in [5.41, 5.74) is 2.86. The number of hydrazine groups is 1. The molecule has 0 radical (unpaired) electrons. The van der Waals surface area contributed by atoms with Crippen LogP contribution < -0.4 is 25.6 Å². The molecule has 0 bridgehead atoms. The minimum Gasteiger partial charge on any atom is -0.350 e. The van der Waals surface area contributed by atoms with Crippen molar-refractivity contribution in [3.05, 3.63) is 92.7 Å². The Bertz CT molecular complexity index is 1510. The largest absolute Gasteiger partial charge is 0.350 e. The number of halogens is 5. The molecule has 2 aromatic carbocycles. The molecule has 9 nitrogen and oxygen atoms in total. The van der Waals surface area contributed by atoms with Crippen LogP contribution in [-0.2, 0) is 16.6 Å². The minimum absolute atomic E-state index is 0.0279. The van der Waals surface area contributed by atoms with Crippen molar-refractivity contribution in [2.45, 2.75) is 13.3 Å². The summed E-state index contributed by atoms with van der Waals surface area (Å²) in [6, 6.07) is 6.11. The van der Waals surface area contributed by atoms with Gasteiger partial charge in [-0.15, -0.1) is 6.58 Å². The maximum Gasteiger partial charge on any atom is 0.300 e. The van der Waals surface area contributed by atoms with E-state index in [0.717, 1.165) is 24.4 Å². The molecule has 0 saturated heterocycles. The summed E-state index contributed by atoms with van der Waals surface area (Å²) in [6.45, 7) is 5.18. The van der Waals surface area contributed by atoms with Crippen molar-refractivity contribution in [3.63, 3.8) is 0 Å². The zero-order valence-electron chi connectivity index (χ0n) is 20.3. The van der Waals surface area contributed by atoms with Crippen LogP contribution in [0.5, 0.6) is 0 Å². The predicted molar refractivity (Wildman–Crippen MR) is 148 cm³/mol. The van der Waals surface area contributed by atoms with Crippen LogP contribution in [0.2, 0.25) is 0 Å². The third kappa shape index (κ3) is 7.65. The topological polar surface area (TPSA) is 124 Å². The molecule has 0 fully saturated rings. The Morgan fingerprint density at radius 1 is 1.08 bits per heavy atom. The number of carbonyl (C=O) groups excluding carboxylic acids is 1. The minimum atomic E-state index is -4.13. The molecule has 0 saturated carbocycles. The molecule has 0 unspecified atom stereocenters. The van der Waals surface area contributed by atoms with E-state index in [1.165, 1.54) is 25.1 Å². The van der Waals surface area contributed by atoms with Gasteiger partial charge in [-0.25, -0.2) is 28.0 Å². The highest BCUT2D eigenvalue weighted by Gasteiger charge is 2.25. The second kappa shape index (κ2) is 13.2. The molecule has 0 spiro atoms. The molecule has 208 valence electrons. The third-order valence-corrected chi connectivity index (χ3v) is 6.88. The summed E-state index contributed by atoms with van der Waals surface area (Å²) < 4.78 is 88.6. The van der Waals surface area contributed by atoms with E-state index in [4.69, 9.17) is 0 Å². The number of hydrogen-bond acceptors (Lipinski definition) is 6. The van der Waals surface area contributed by atoms with Gasteiger partial charge in [0.2, 0.25) is 0 Å². The Labute approximate surface area is 235 Å². The average molecular weight is 678 g/mol. The fourth-order valence-corrected chi connectivity index (χ4v) is 4.66. The number of benzene rings is 2. The summed E-state index contributed by atoms with van der Waals surface area (Å²) in [5, 5.41) is 2.43. The first-order valence-electron chi connectivity index (χ1n) is 11.2. The van der Waals surface area contributed by atoms with Crippen molar-refractivity contribution >= 4 is 55.9 Å². The number of anilines is 3. The van der Waals surface area contributed by atoms with Gasteiger partial charge >= 0.3 is 0 Å². The number of amides is 1. The molecule has 0 aliphatic heterocycles. The van der Waals surface area contributed by atoms with E-state index >= 15 is 13.2 Å². The molecule has 15 heteroatoms. The van der Waals surface area contributed by atoms with Gasteiger partial charge in [0, 0.05) is 29.3 Å². The van der Waals surface area contributed by atoms with Gasteiger partial charge in [-0.3, -0.25) is 14.9 Å². The standard InChI is InChI=1S/C24H23F4IN6O3S/c1-3-8-31-34-24(36)16-11-14(10-13-7-9-30-23(20(13)27)35-39(37,38)32-4-2)19(26)21(28)22(16)33-18-6-5-15(29)12-17(18)25/h3,5-7,9,11-12,31-33H,1,4,8,10H2,2H3,(H,30,35)(H,34,36). The van der Waals surface area contributed by atoms with E-state index in [2.05, 4.69) is 32.5 Å². The third-order valence-electron chi connectivity index (χ3n) is 5.08. The zero-order valence-corrected chi connectivity index (χ0v) is 23.3. The van der Waals surface area contributed by atoms with Crippen molar-refractivity contribution in [3.8, 4) is 0 Å². The van der Waals surface area contributed by atoms with Crippen LogP contribution in [0, 0.1) is 26.8 Å². The number of carbonyl (C=O) groups is 1. The van der Waals surface area contributed by atoms with Gasteiger partial charge in [0.25, 0.3) is 16.1 Å². The number of nitrogens with one attached hydrogen (secondary N) is 5. The summed E-state index contributed by atoms with van der Waals surface area (Å²) in [7, 11) is -4.13. The van der Waals surface area contributed by atoms with Crippen LogP contribution in [0.15, 0.2) is 49.2 Å². The quantitative estimate of drug-likeness (QED) is 0.0642. The normalized spacial score (nSPS) is 11.2. The number of nitrogens with zero attached hydrogens (tertiary/aromatic N) is 1. The lowest BCUT2D eigenvalue weighted by atomic mass is 9.99. The second-order valence-corrected chi connectivity index (χ2v) is 10.6. The van der Waals surface area contributed by atoms with E-state index in [9.17, 15) is 17.6 Å². The molecular weight excluding hydrogens is 655 g/mol. The van der Waals surface area contributed by atoms with Gasteiger partial charge in [-0.05, 0) is 64.0 Å². The molecule has 3 rings (SSSR count). The molecule has 39 heavy (non-hydrogen) atoms. The monoisotopic (exact) mass is 678 g/mol. The highest BCUT2D eigenvalue weighted by molar-refractivity contribution is 14.1. The fourth-order valence-electron chi connectivity index (χ4n) is 3.35. The molecule has 1 aromatic heterocycles. The molecule has 1 heterocycles. The average Bonchev–Trinajstić information content (AvgIpc) is 2.87. The van der Waals surface area contributed by atoms with Gasteiger partial charge in [0.1, 0.15) is 5.82 Å². The Hall–Kier alpha value is -3.28. The van der Waals surface area contributed by atoms with Gasteiger partial charge < -0.3 is 5.32 Å². The first-order chi connectivity index (χ1) is 18.5. The summed E-state index contributed by atoms with van der Waals surface area (Å²) >= 11 is 1.87. The molecule has 3 aromatic rings. The van der Waals surface area contributed by atoms with E-state index in [-0.39, 0.29) is 24.3 Å². The lowest BCUT2D eigenvalue weighted by Crippen LogP contribution is -2.37. The van der Waals surface area contributed by atoms with Crippen molar-refractivity contribution in [2.24, 2.45) is 0 Å². The van der Waals surface area contributed by atoms with Crippen LogP contribution in [0.1, 0.15) is 28.4 Å². The van der Waals surface area contributed by atoms with E-state index in [1.807, 2.05) is 27.3 Å². The van der Waals surface area contributed by atoms with Gasteiger partial charge in [-0.1, -0.05) is 13.0 Å². The summed E-state index contributed by atoms with van der Waals surface area (Å²) in [6.07, 6.45) is 1.94. The fraction of sp³-hybridized carbons (Fsp3) is 0.167. The van der Waals surface area contributed by atoms with Crippen molar-refractivity contribution in [1.82, 2.24) is 20.6 Å². The van der Waals surface area contributed by atoms with Crippen LogP contribution in [0.3, 0.4) is 0 Å². The van der Waals surface area contributed by atoms with Gasteiger partial charge in [0.15, 0.2) is 23.3 Å². The predicted octanol–water partition coefficient (Wildman–Crippen LogP) is 4.26. The number of aromatic nitrogens is 1. The second-order valence-electron chi connectivity index (χ2n) is 7.87. The number of hydrogen-bond donors (Lipinski definition) is 5. The lowest BCUT2D eigenvalue weighted by Gasteiger charge is -2.17. The first kappa shape index (κ1) is 30.3. The Morgan fingerprint density at radius 3 is 2.49 bits per heavy atom. The Morgan fingerprint density at radius 2 is 1.82 bits per heavy atom. The molecule has 0 atom stereocenters. The molecule has 1 amide bonds. The lowest BCUT2D eigenvalue weighted by molar-refractivity contribution is 0.0935. The number of rotatable bonds is 12. The highest BCUT2D eigenvalue weighted by Crippen LogP contribution is 2.32. The van der Waals surface area contributed by atoms with Crippen molar-refractivity contribution < 1.29 is 30.8 Å². The summed E-state index contributed by atoms with van der Waals surface area (Å²) in [5.74, 6) is -6.39. The number of pyridine rings is 1. The summed E-state index contributed by atoms with van der Waals surface area (Å²) in [4.78, 5) is 16.5. The van der Waals surface area contributed by atoms with Gasteiger partial charge in [-0.2, -0.15) is 13.1 Å². The van der Waals surface area contributed by atoms with E-state index in [1.54, 1.807) is 0 Å². The van der Waals surface area contributed by atoms with Crippen molar-refractivity contribution in [2.75, 3.05) is 23.1 Å². The maximum atomic E-state index is 15.4. The molecule has 0 aliphatic rings. The highest BCUT2D eigenvalue weighted by atomic mass is 127. The molecular formula is C24H23F4IN6O3S. The maximum absolute atomic E-state index is 15.4. The Balaban J connectivity index is 2.06. The van der Waals surface area contributed by atoms with Crippen LogP contribution >= 0.6 is 22.6 Å². The van der Waals surface area contributed by atoms with Gasteiger partial charge in [0.05, 0.1) is 16.9 Å². The van der Waals surface area contributed by atoms with Crippen LogP contribution in [0.25, 0.3) is 0 Å². The zero-order chi connectivity index (χ0) is 28.7. The van der Waals surface area contributed by atoms with E-state index < -0.39 is 68.4 Å². The van der Waals surface area contributed by atoms with Crippen molar-refractivity contribution in [1.29, 1.82) is 0 Å². The van der Waals surface area contributed by atoms with E-state index in [0.29, 0.717) is 3.57 Å². The van der Waals surface area contributed by atoms with Crippen LogP contribution in [-0.4, -0.2) is 32.4 Å². The van der Waals surface area contributed by atoms with Crippen LogP contribution in [0.4, 0.5) is 34.8 Å².